The van der Waals surface area contributed by atoms with Crippen molar-refractivity contribution in [2.75, 3.05) is 17.4 Å². The van der Waals surface area contributed by atoms with E-state index >= 15 is 0 Å². The van der Waals surface area contributed by atoms with Gasteiger partial charge in [0.05, 0.1) is 0 Å². The van der Waals surface area contributed by atoms with Gasteiger partial charge in [0.25, 0.3) is 5.91 Å². The van der Waals surface area contributed by atoms with Gasteiger partial charge in [-0.2, -0.15) is 0 Å². The zero-order valence-corrected chi connectivity index (χ0v) is 14.9. The van der Waals surface area contributed by atoms with Crippen molar-refractivity contribution in [1.29, 1.82) is 0 Å². The molecule has 3 aromatic rings. The van der Waals surface area contributed by atoms with Crippen LogP contribution in [-0.2, 0) is 6.54 Å². The van der Waals surface area contributed by atoms with Crippen molar-refractivity contribution in [3.05, 3.63) is 71.0 Å². The van der Waals surface area contributed by atoms with Crippen LogP contribution in [0.2, 0.25) is 5.02 Å². The highest BCUT2D eigenvalue weighted by Crippen LogP contribution is 2.34. The summed E-state index contributed by atoms with van der Waals surface area (Å²) < 4.78 is 10.6. The molecule has 0 spiro atoms. The van der Waals surface area contributed by atoms with Gasteiger partial charge in [-0.15, -0.1) is 0 Å². The molecule has 2 heterocycles. The number of benzene rings is 2. The normalized spacial score (nSPS) is 11.9. The molecule has 1 aliphatic rings. The second-order valence-corrected chi connectivity index (χ2v) is 6.20. The second-order valence-electron chi connectivity index (χ2n) is 5.77. The fourth-order valence-corrected chi connectivity index (χ4v) is 2.65. The van der Waals surface area contributed by atoms with Gasteiger partial charge in [-0.05, 0) is 35.9 Å². The summed E-state index contributed by atoms with van der Waals surface area (Å²) in [6, 6.07) is 14.2. The van der Waals surface area contributed by atoms with E-state index in [2.05, 4.69) is 20.6 Å². The molecule has 1 amide bonds. The van der Waals surface area contributed by atoms with Crippen LogP contribution in [0.25, 0.3) is 0 Å². The Morgan fingerprint density at radius 2 is 1.89 bits per heavy atom. The summed E-state index contributed by atoms with van der Waals surface area (Å²) in [6.07, 6.45) is 1.53. The molecule has 27 heavy (non-hydrogen) atoms. The topological polar surface area (TPSA) is 85.4 Å². The molecule has 0 radical (unpaired) electrons. The molecule has 0 saturated heterocycles. The van der Waals surface area contributed by atoms with Crippen molar-refractivity contribution in [1.82, 2.24) is 9.97 Å². The number of amides is 1. The van der Waals surface area contributed by atoms with Crippen LogP contribution in [0.4, 0.5) is 11.6 Å². The van der Waals surface area contributed by atoms with E-state index < -0.39 is 0 Å². The molecule has 0 unspecified atom stereocenters. The average Bonchev–Trinajstić information content (AvgIpc) is 3.15. The predicted octanol–water partition coefficient (Wildman–Crippen LogP) is 3.72. The summed E-state index contributed by atoms with van der Waals surface area (Å²) >= 11 is 5.88. The molecule has 4 rings (SSSR count). The fourth-order valence-electron chi connectivity index (χ4n) is 2.52. The van der Waals surface area contributed by atoms with Crippen LogP contribution >= 0.6 is 11.6 Å². The molecule has 0 aliphatic carbocycles. The van der Waals surface area contributed by atoms with E-state index in [9.17, 15) is 4.79 Å². The molecule has 0 fully saturated rings. The highest BCUT2D eigenvalue weighted by molar-refractivity contribution is 6.30. The first-order chi connectivity index (χ1) is 13.2. The lowest BCUT2D eigenvalue weighted by Gasteiger charge is -2.08. The third kappa shape index (κ3) is 4.09. The van der Waals surface area contributed by atoms with Crippen molar-refractivity contribution >= 4 is 29.1 Å². The van der Waals surface area contributed by atoms with Crippen molar-refractivity contribution in [2.45, 2.75) is 6.54 Å². The lowest BCUT2D eigenvalue weighted by molar-refractivity contribution is 0.102. The SMILES string of the molecule is O=C(Nc1ccc2c(c1)OCO2)c1ccnc(NCc2ccc(Cl)cc2)n1. The number of hydrogen-bond acceptors (Lipinski definition) is 6. The Bertz CT molecular complexity index is 979. The van der Waals surface area contributed by atoms with Crippen LogP contribution in [0.5, 0.6) is 11.5 Å². The zero-order chi connectivity index (χ0) is 18.6. The summed E-state index contributed by atoms with van der Waals surface area (Å²) in [7, 11) is 0. The Morgan fingerprint density at radius 3 is 2.74 bits per heavy atom. The van der Waals surface area contributed by atoms with Gasteiger partial charge in [0.15, 0.2) is 11.5 Å². The van der Waals surface area contributed by atoms with Crippen molar-refractivity contribution in [3.63, 3.8) is 0 Å². The number of fused-ring (bicyclic) bond motifs is 1. The maximum atomic E-state index is 12.5. The minimum absolute atomic E-state index is 0.182. The van der Waals surface area contributed by atoms with Crippen LogP contribution < -0.4 is 20.1 Å². The summed E-state index contributed by atoms with van der Waals surface area (Å²) in [5, 5.41) is 6.56. The van der Waals surface area contributed by atoms with Crippen molar-refractivity contribution in [3.8, 4) is 11.5 Å². The van der Waals surface area contributed by atoms with Gasteiger partial charge < -0.3 is 20.1 Å². The van der Waals surface area contributed by atoms with E-state index in [-0.39, 0.29) is 18.4 Å². The minimum Gasteiger partial charge on any atom is -0.454 e. The Kier molecular flexibility index (Phi) is 4.76. The molecule has 0 atom stereocenters. The van der Waals surface area contributed by atoms with Gasteiger partial charge in [0.1, 0.15) is 5.69 Å². The first kappa shape index (κ1) is 17.1. The highest BCUT2D eigenvalue weighted by Gasteiger charge is 2.15. The average molecular weight is 383 g/mol. The number of carbonyl (C=O) groups is 1. The predicted molar refractivity (Wildman–Crippen MR) is 101 cm³/mol. The number of nitrogens with one attached hydrogen (secondary N) is 2. The van der Waals surface area contributed by atoms with Gasteiger partial charge in [0.2, 0.25) is 12.7 Å². The largest absolute Gasteiger partial charge is 0.454 e. The summed E-state index contributed by atoms with van der Waals surface area (Å²) in [5.74, 6) is 1.28. The molecular formula is C19H15ClN4O3. The first-order valence-electron chi connectivity index (χ1n) is 8.20. The maximum absolute atomic E-state index is 12.5. The highest BCUT2D eigenvalue weighted by atomic mass is 35.5. The number of carbonyl (C=O) groups excluding carboxylic acids is 1. The van der Waals surface area contributed by atoms with Gasteiger partial charge in [-0.25, -0.2) is 9.97 Å². The monoisotopic (exact) mass is 382 g/mol. The summed E-state index contributed by atoms with van der Waals surface area (Å²) in [4.78, 5) is 20.9. The molecule has 2 N–H and O–H groups in total. The molecular weight excluding hydrogens is 368 g/mol. The van der Waals surface area contributed by atoms with E-state index in [0.717, 1.165) is 5.56 Å². The lowest BCUT2D eigenvalue weighted by atomic mass is 10.2. The van der Waals surface area contributed by atoms with Crippen LogP contribution in [0.3, 0.4) is 0 Å². The number of anilines is 2. The molecule has 8 heteroatoms. The Balaban J connectivity index is 1.42. The number of halogens is 1. The molecule has 136 valence electrons. The smallest absolute Gasteiger partial charge is 0.274 e. The minimum atomic E-state index is -0.342. The van der Waals surface area contributed by atoms with E-state index in [1.807, 2.05) is 24.3 Å². The van der Waals surface area contributed by atoms with E-state index in [1.54, 1.807) is 24.3 Å². The number of rotatable bonds is 5. The Labute approximate surface area is 160 Å². The third-order valence-electron chi connectivity index (χ3n) is 3.88. The molecule has 2 aromatic carbocycles. The van der Waals surface area contributed by atoms with Gasteiger partial charge in [-0.3, -0.25) is 4.79 Å². The summed E-state index contributed by atoms with van der Waals surface area (Å²) in [5.41, 5.74) is 1.87. The van der Waals surface area contributed by atoms with Crippen LogP contribution in [0.15, 0.2) is 54.7 Å². The third-order valence-corrected chi connectivity index (χ3v) is 4.13. The van der Waals surface area contributed by atoms with Crippen LogP contribution in [0.1, 0.15) is 16.1 Å². The number of aromatic nitrogens is 2. The van der Waals surface area contributed by atoms with Crippen molar-refractivity contribution in [2.24, 2.45) is 0 Å². The van der Waals surface area contributed by atoms with Gasteiger partial charge in [0, 0.05) is 29.5 Å². The lowest BCUT2D eigenvalue weighted by Crippen LogP contribution is -2.15. The molecule has 7 nitrogen and oxygen atoms in total. The standard InChI is InChI=1S/C19H15ClN4O3/c20-13-3-1-12(2-4-13)10-22-19-21-8-7-15(24-19)18(25)23-14-5-6-16-17(9-14)27-11-26-16/h1-9H,10-11H2,(H,23,25)(H,21,22,24). The number of ether oxygens (including phenoxy) is 2. The summed E-state index contributed by atoms with van der Waals surface area (Å²) in [6.45, 7) is 0.700. The van der Waals surface area contributed by atoms with E-state index in [0.29, 0.717) is 34.7 Å². The maximum Gasteiger partial charge on any atom is 0.274 e. The first-order valence-corrected chi connectivity index (χ1v) is 8.57. The molecule has 1 aromatic heterocycles. The van der Waals surface area contributed by atoms with Gasteiger partial charge in [-0.1, -0.05) is 23.7 Å². The quantitative estimate of drug-likeness (QED) is 0.699. The Morgan fingerprint density at radius 1 is 1.07 bits per heavy atom. The Hall–Kier alpha value is -3.32. The molecule has 0 bridgehead atoms. The second kappa shape index (κ2) is 7.51. The van der Waals surface area contributed by atoms with E-state index in [1.165, 1.54) is 6.20 Å². The number of hydrogen-bond donors (Lipinski definition) is 2. The van der Waals surface area contributed by atoms with Crippen molar-refractivity contribution < 1.29 is 14.3 Å². The van der Waals surface area contributed by atoms with Gasteiger partial charge >= 0.3 is 0 Å². The van der Waals surface area contributed by atoms with Crippen LogP contribution in [0, 0.1) is 0 Å². The molecule has 0 saturated carbocycles. The zero-order valence-electron chi connectivity index (χ0n) is 14.1. The number of nitrogens with zero attached hydrogens (tertiary/aromatic N) is 2. The van der Waals surface area contributed by atoms with E-state index in [4.69, 9.17) is 21.1 Å². The van der Waals surface area contributed by atoms with Crippen LogP contribution in [-0.4, -0.2) is 22.7 Å². The molecule has 1 aliphatic heterocycles. The fraction of sp³-hybridized carbons (Fsp3) is 0.105.